The summed E-state index contributed by atoms with van der Waals surface area (Å²) in [6, 6.07) is 4.05. The predicted octanol–water partition coefficient (Wildman–Crippen LogP) is 2.61. The van der Waals surface area contributed by atoms with Crippen molar-refractivity contribution in [3.8, 4) is 0 Å². The lowest BCUT2D eigenvalue weighted by Crippen LogP contribution is -2.44. The molecule has 1 amide bonds. The van der Waals surface area contributed by atoms with Crippen molar-refractivity contribution in [1.29, 1.82) is 0 Å². The number of nitrogens with zero attached hydrogens (tertiary/aromatic N) is 2. The first-order valence-electron chi connectivity index (χ1n) is 6.71. The Morgan fingerprint density at radius 2 is 2.30 bits per heavy atom. The van der Waals surface area contributed by atoms with E-state index in [1.54, 1.807) is 11.3 Å². The number of amides is 1. The zero-order chi connectivity index (χ0) is 14.1. The molecule has 0 aromatic carbocycles. The number of hydrogen-bond donors (Lipinski definition) is 0. The van der Waals surface area contributed by atoms with Crippen molar-refractivity contribution in [2.24, 2.45) is 7.05 Å². The van der Waals surface area contributed by atoms with Gasteiger partial charge in [0.25, 0.3) is 5.91 Å². The van der Waals surface area contributed by atoms with Crippen molar-refractivity contribution in [2.45, 2.75) is 13.0 Å². The standard InChI is InChI=1S/C15H18N2O2S/c1-11-9-20-10-12(11)15(18)17-6-7-19-8-14(17)13-4-3-5-16(13)2/h3-5,9-10,14H,6-8H2,1-2H3/t14-/m1/s1. The monoisotopic (exact) mass is 290 g/mol. The average molecular weight is 290 g/mol. The third-order valence-corrected chi connectivity index (χ3v) is 4.66. The third-order valence-electron chi connectivity index (χ3n) is 3.80. The van der Waals surface area contributed by atoms with Crippen LogP contribution in [0.2, 0.25) is 0 Å². The molecule has 0 radical (unpaired) electrons. The second-order valence-corrected chi connectivity index (χ2v) is 5.85. The van der Waals surface area contributed by atoms with E-state index in [0.29, 0.717) is 19.8 Å². The highest BCUT2D eigenvalue weighted by molar-refractivity contribution is 7.08. The van der Waals surface area contributed by atoms with Crippen LogP contribution in [-0.2, 0) is 11.8 Å². The van der Waals surface area contributed by atoms with E-state index in [9.17, 15) is 4.79 Å². The smallest absolute Gasteiger partial charge is 0.255 e. The first-order valence-corrected chi connectivity index (χ1v) is 7.65. The van der Waals surface area contributed by atoms with Gasteiger partial charge < -0.3 is 14.2 Å². The fraction of sp³-hybridized carbons (Fsp3) is 0.400. The normalized spacial score (nSPS) is 19.3. The van der Waals surface area contributed by atoms with Gasteiger partial charge in [0, 0.05) is 30.9 Å². The van der Waals surface area contributed by atoms with Gasteiger partial charge in [0.1, 0.15) is 0 Å². The minimum Gasteiger partial charge on any atom is -0.377 e. The minimum absolute atomic E-state index is 0.00412. The second-order valence-electron chi connectivity index (χ2n) is 5.10. The molecule has 2 aromatic heterocycles. The molecule has 1 aliphatic rings. The first kappa shape index (κ1) is 13.4. The number of morpholine rings is 1. The Labute approximate surface area is 122 Å². The van der Waals surface area contributed by atoms with Crippen molar-refractivity contribution in [1.82, 2.24) is 9.47 Å². The fourth-order valence-electron chi connectivity index (χ4n) is 2.65. The summed E-state index contributed by atoms with van der Waals surface area (Å²) in [6.45, 7) is 3.80. The lowest BCUT2D eigenvalue weighted by Gasteiger charge is -2.36. The molecule has 0 N–H and O–H groups in total. The van der Waals surface area contributed by atoms with Gasteiger partial charge in [0.2, 0.25) is 0 Å². The Morgan fingerprint density at radius 1 is 1.45 bits per heavy atom. The van der Waals surface area contributed by atoms with Crippen LogP contribution in [0.5, 0.6) is 0 Å². The van der Waals surface area contributed by atoms with Crippen LogP contribution in [0.15, 0.2) is 29.1 Å². The molecule has 1 fully saturated rings. The third kappa shape index (κ3) is 2.27. The topological polar surface area (TPSA) is 34.5 Å². The largest absolute Gasteiger partial charge is 0.377 e. The lowest BCUT2D eigenvalue weighted by atomic mass is 10.1. The van der Waals surface area contributed by atoms with Crippen molar-refractivity contribution in [2.75, 3.05) is 19.8 Å². The summed E-state index contributed by atoms with van der Waals surface area (Å²) in [5, 5.41) is 3.96. The van der Waals surface area contributed by atoms with Gasteiger partial charge in [-0.2, -0.15) is 11.3 Å². The first-order chi connectivity index (χ1) is 9.68. The van der Waals surface area contributed by atoms with Crippen molar-refractivity contribution in [3.05, 3.63) is 45.9 Å². The Morgan fingerprint density at radius 3 is 2.95 bits per heavy atom. The van der Waals surface area contributed by atoms with E-state index in [2.05, 4.69) is 10.6 Å². The summed E-state index contributed by atoms with van der Waals surface area (Å²) in [7, 11) is 2.00. The van der Waals surface area contributed by atoms with Crippen LogP contribution < -0.4 is 0 Å². The van der Waals surface area contributed by atoms with Gasteiger partial charge >= 0.3 is 0 Å². The molecule has 106 valence electrons. The molecule has 2 aromatic rings. The molecule has 1 atom stereocenters. The summed E-state index contributed by atoms with van der Waals surface area (Å²) in [5.41, 5.74) is 2.99. The zero-order valence-electron chi connectivity index (χ0n) is 11.7. The molecule has 20 heavy (non-hydrogen) atoms. The van der Waals surface area contributed by atoms with Gasteiger partial charge in [0.15, 0.2) is 0 Å². The van der Waals surface area contributed by atoms with Crippen LogP contribution in [0, 0.1) is 6.92 Å². The van der Waals surface area contributed by atoms with Gasteiger partial charge in [-0.3, -0.25) is 4.79 Å². The Hall–Kier alpha value is -1.59. The molecule has 3 heterocycles. The molecule has 4 nitrogen and oxygen atoms in total. The van der Waals surface area contributed by atoms with Crippen LogP contribution in [-0.4, -0.2) is 35.1 Å². The SMILES string of the molecule is Cc1cscc1C(=O)N1CCOC[C@@H]1c1cccn1C. The summed E-state index contributed by atoms with van der Waals surface area (Å²) < 4.78 is 7.64. The highest BCUT2D eigenvalue weighted by Gasteiger charge is 2.31. The lowest BCUT2D eigenvalue weighted by molar-refractivity contribution is -0.00464. The molecule has 0 spiro atoms. The van der Waals surface area contributed by atoms with Gasteiger partial charge in [0.05, 0.1) is 24.8 Å². The van der Waals surface area contributed by atoms with Crippen molar-refractivity contribution >= 4 is 17.2 Å². The Bertz CT molecular complexity index is 617. The summed E-state index contributed by atoms with van der Waals surface area (Å²) in [6.07, 6.45) is 2.00. The minimum atomic E-state index is -0.00412. The van der Waals surface area contributed by atoms with Crippen LogP contribution in [0.25, 0.3) is 0 Å². The highest BCUT2D eigenvalue weighted by Crippen LogP contribution is 2.27. The number of ether oxygens (including phenoxy) is 1. The average Bonchev–Trinajstić information content (AvgIpc) is 3.06. The van der Waals surface area contributed by atoms with E-state index < -0.39 is 0 Å². The molecule has 0 bridgehead atoms. The van der Waals surface area contributed by atoms with Gasteiger partial charge in [-0.25, -0.2) is 0 Å². The quantitative estimate of drug-likeness (QED) is 0.852. The maximum absolute atomic E-state index is 12.8. The van der Waals surface area contributed by atoms with Crippen LogP contribution in [0.3, 0.4) is 0 Å². The molecular weight excluding hydrogens is 272 g/mol. The highest BCUT2D eigenvalue weighted by atomic mass is 32.1. The number of carbonyl (C=O) groups excluding carboxylic acids is 1. The maximum Gasteiger partial charge on any atom is 0.255 e. The van der Waals surface area contributed by atoms with E-state index in [0.717, 1.165) is 16.8 Å². The van der Waals surface area contributed by atoms with E-state index in [4.69, 9.17) is 4.74 Å². The van der Waals surface area contributed by atoms with E-state index in [1.807, 2.05) is 41.9 Å². The van der Waals surface area contributed by atoms with E-state index >= 15 is 0 Å². The number of carbonyl (C=O) groups is 1. The number of aromatic nitrogens is 1. The fourth-order valence-corrected chi connectivity index (χ4v) is 3.47. The molecule has 1 saturated heterocycles. The molecule has 1 aliphatic heterocycles. The number of rotatable bonds is 2. The Balaban J connectivity index is 1.92. The van der Waals surface area contributed by atoms with Crippen LogP contribution in [0.4, 0.5) is 0 Å². The van der Waals surface area contributed by atoms with Crippen LogP contribution >= 0.6 is 11.3 Å². The van der Waals surface area contributed by atoms with Gasteiger partial charge in [-0.15, -0.1) is 0 Å². The summed E-state index contributed by atoms with van der Waals surface area (Å²) in [4.78, 5) is 14.7. The molecule has 0 saturated carbocycles. The van der Waals surface area contributed by atoms with E-state index in [1.165, 1.54) is 0 Å². The number of aryl methyl sites for hydroxylation is 2. The summed E-state index contributed by atoms with van der Waals surface area (Å²) >= 11 is 1.58. The molecule has 0 unspecified atom stereocenters. The second kappa shape index (κ2) is 5.42. The Kier molecular flexibility index (Phi) is 3.63. The van der Waals surface area contributed by atoms with E-state index in [-0.39, 0.29) is 11.9 Å². The number of hydrogen-bond acceptors (Lipinski definition) is 3. The molecule has 3 rings (SSSR count). The molecular formula is C15H18N2O2S. The maximum atomic E-state index is 12.8. The van der Waals surface area contributed by atoms with Crippen LogP contribution in [0.1, 0.15) is 27.7 Å². The van der Waals surface area contributed by atoms with Gasteiger partial charge in [-0.05, 0) is 30.0 Å². The number of thiophene rings is 1. The molecule has 0 aliphatic carbocycles. The zero-order valence-corrected chi connectivity index (χ0v) is 12.5. The molecule has 5 heteroatoms. The summed E-state index contributed by atoms with van der Waals surface area (Å²) in [5.74, 6) is 0.109. The van der Waals surface area contributed by atoms with Crippen molar-refractivity contribution in [3.63, 3.8) is 0 Å². The van der Waals surface area contributed by atoms with Crippen molar-refractivity contribution < 1.29 is 9.53 Å². The predicted molar refractivity (Wildman–Crippen MR) is 79.1 cm³/mol. The van der Waals surface area contributed by atoms with Gasteiger partial charge in [-0.1, -0.05) is 0 Å².